The molecule has 10 heteroatoms. The van der Waals surface area contributed by atoms with E-state index in [1.165, 1.54) is 11.6 Å². The molecule has 3 aromatic rings. The minimum Gasteiger partial charge on any atom is -0.349 e. The Balaban J connectivity index is 1.25. The van der Waals surface area contributed by atoms with Crippen LogP contribution in [0.25, 0.3) is 22.4 Å². The summed E-state index contributed by atoms with van der Waals surface area (Å²) in [6.45, 7) is 0. The third-order valence-electron chi connectivity index (χ3n) is 7.72. The number of nitrogens with zero attached hydrogens (tertiary/aromatic N) is 5. The Kier molecular flexibility index (Phi) is 6.11. The number of aliphatic imine (C=N–C) groups is 1. The number of anilines is 1. The molecule has 7 nitrogen and oxygen atoms in total. The highest BCUT2D eigenvalue weighted by Crippen LogP contribution is 2.41. The van der Waals surface area contributed by atoms with Crippen molar-refractivity contribution in [2.24, 2.45) is 4.99 Å². The quantitative estimate of drug-likeness (QED) is 0.363. The number of carbonyl (C=O) groups is 1. The van der Waals surface area contributed by atoms with Crippen molar-refractivity contribution in [2.45, 2.75) is 60.8 Å². The van der Waals surface area contributed by atoms with Crippen LogP contribution in [0.2, 0.25) is 0 Å². The van der Waals surface area contributed by atoms with Gasteiger partial charge in [-0.15, -0.1) is 11.8 Å². The molecule has 7 rings (SSSR count). The minimum absolute atomic E-state index is 0.00317. The lowest BCUT2D eigenvalue weighted by atomic mass is 9.90. The number of aromatic nitrogens is 3. The maximum absolute atomic E-state index is 15.1. The molecule has 0 spiro atoms. The van der Waals surface area contributed by atoms with Gasteiger partial charge in [-0.25, -0.2) is 19.4 Å². The number of thioether (sulfide) groups is 1. The van der Waals surface area contributed by atoms with Crippen molar-refractivity contribution in [1.82, 2.24) is 19.9 Å². The molecular formula is C28H26BrFN6OS. The Morgan fingerprint density at radius 2 is 2.13 bits per heavy atom. The monoisotopic (exact) mass is 592 g/mol. The fourth-order valence-corrected chi connectivity index (χ4v) is 7.40. The molecule has 38 heavy (non-hydrogen) atoms. The highest BCUT2D eigenvalue weighted by Gasteiger charge is 2.38. The van der Waals surface area contributed by atoms with Gasteiger partial charge in [0.15, 0.2) is 0 Å². The first-order chi connectivity index (χ1) is 18.5. The van der Waals surface area contributed by atoms with Gasteiger partial charge in [-0.3, -0.25) is 4.79 Å². The van der Waals surface area contributed by atoms with Crippen LogP contribution in [0.4, 0.5) is 10.2 Å². The molecule has 4 aliphatic rings. The van der Waals surface area contributed by atoms with E-state index in [-0.39, 0.29) is 28.0 Å². The van der Waals surface area contributed by atoms with Crippen molar-refractivity contribution in [3.63, 3.8) is 0 Å². The molecule has 2 unspecified atom stereocenters. The van der Waals surface area contributed by atoms with E-state index in [0.717, 1.165) is 60.3 Å². The molecule has 0 bridgehead atoms. The summed E-state index contributed by atoms with van der Waals surface area (Å²) in [5.41, 5.74) is 3.43. The summed E-state index contributed by atoms with van der Waals surface area (Å²) in [6.07, 6.45) is 12.9. The van der Waals surface area contributed by atoms with E-state index < -0.39 is 0 Å². The lowest BCUT2D eigenvalue weighted by Gasteiger charge is -2.32. The van der Waals surface area contributed by atoms with Gasteiger partial charge in [0.2, 0.25) is 0 Å². The number of carbonyl (C=O) groups excluding carboxylic acids is 1. The molecule has 1 aromatic carbocycles. The average Bonchev–Trinajstić information content (AvgIpc) is 3.45. The third kappa shape index (κ3) is 4.37. The highest BCUT2D eigenvalue weighted by atomic mass is 79.9. The summed E-state index contributed by atoms with van der Waals surface area (Å²) >= 11 is 5.14. The van der Waals surface area contributed by atoms with Crippen LogP contribution >= 0.6 is 27.7 Å². The van der Waals surface area contributed by atoms with Gasteiger partial charge in [0.1, 0.15) is 23.0 Å². The molecular weight excluding hydrogens is 567 g/mol. The molecule has 4 heterocycles. The Morgan fingerprint density at radius 1 is 1.24 bits per heavy atom. The second kappa shape index (κ2) is 9.64. The Bertz CT molecular complexity index is 1530. The maximum Gasteiger partial charge on any atom is 0.257 e. The number of allylic oxidation sites excluding steroid dienone is 1. The smallest absolute Gasteiger partial charge is 0.257 e. The molecule has 194 valence electrons. The van der Waals surface area contributed by atoms with Crippen molar-refractivity contribution < 1.29 is 9.18 Å². The van der Waals surface area contributed by atoms with Gasteiger partial charge in [-0.2, -0.15) is 0 Å². The Morgan fingerprint density at radius 3 is 2.97 bits per heavy atom. The van der Waals surface area contributed by atoms with Crippen LogP contribution in [0, 0.1) is 5.82 Å². The van der Waals surface area contributed by atoms with Crippen LogP contribution in [-0.2, 0) is 4.79 Å². The number of hydrogen-bond acceptors (Lipinski definition) is 6. The lowest BCUT2D eigenvalue weighted by Crippen LogP contribution is -2.39. The first-order valence-electron chi connectivity index (χ1n) is 13.0. The average molecular weight is 594 g/mol. The van der Waals surface area contributed by atoms with E-state index in [9.17, 15) is 4.79 Å². The van der Waals surface area contributed by atoms with E-state index in [0.29, 0.717) is 17.4 Å². The number of pyridine rings is 1. The molecule has 0 saturated heterocycles. The van der Waals surface area contributed by atoms with Crippen LogP contribution in [0.5, 0.6) is 0 Å². The molecule has 2 fully saturated rings. The number of amides is 1. The minimum atomic E-state index is -0.302. The summed E-state index contributed by atoms with van der Waals surface area (Å²) in [5.74, 6) is 1.11. The van der Waals surface area contributed by atoms with Gasteiger partial charge in [0.25, 0.3) is 5.91 Å². The van der Waals surface area contributed by atoms with E-state index >= 15 is 4.39 Å². The number of halogens is 2. The first kappa shape index (κ1) is 24.1. The predicted molar refractivity (Wildman–Crippen MR) is 153 cm³/mol. The topological polar surface area (TPSA) is 75.4 Å². The van der Waals surface area contributed by atoms with Crippen molar-refractivity contribution in [3.05, 3.63) is 65.1 Å². The SMILES string of the molecule is O=C(N[C@H]1CCC[C@@H](n2c(-c3ccccc3F)nc3cnc(N4C=NC=C5CC54)cc32)C1)C1=CCC(Br)S1. The van der Waals surface area contributed by atoms with Crippen molar-refractivity contribution in [3.8, 4) is 11.4 Å². The first-order valence-corrected chi connectivity index (χ1v) is 14.8. The van der Waals surface area contributed by atoms with E-state index in [2.05, 4.69) is 41.8 Å². The zero-order valence-corrected chi connectivity index (χ0v) is 23.0. The van der Waals surface area contributed by atoms with Gasteiger partial charge in [0.05, 0.1) is 38.7 Å². The van der Waals surface area contributed by atoms with Gasteiger partial charge in [0, 0.05) is 24.4 Å². The number of rotatable bonds is 5. The van der Waals surface area contributed by atoms with Gasteiger partial charge < -0.3 is 14.8 Å². The summed E-state index contributed by atoms with van der Waals surface area (Å²) in [5, 5.41) is 3.27. The Labute approximate surface area is 232 Å². The zero-order chi connectivity index (χ0) is 25.8. The second-order valence-electron chi connectivity index (χ2n) is 10.2. The van der Waals surface area contributed by atoms with Crippen molar-refractivity contribution in [2.75, 3.05) is 4.90 Å². The lowest BCUT2D eigenvalue weighted by molar-refractivity contribution is -0.117. The van der Waals surface area contributed by atoms with E-state index in [1.54, 1.807) is 30.1 Å². The van der Waals surface area contributed by atoms with Gasteiger partial charge in [-0.1, -0.05) is 34.1 Å². The summed E-state index contributed by atoms with van der Waals surface area (Å²) in [6, 6.07) is 9.26. The normalized spacial score (nSPS) is 26.2. The fraction of sp³-hybridized carbons (Fsp3) is 0.357. The molecule has 2 aliphatic heterocycles. The molecule has 0 radical (unpaired) electrons. The molecule has 1 N–H and O–H groups in total. The van der Waals surface area contributed by atoms with Gasteiger partial charge in [-0.05, 0) is 56.2 Å². The van der Waals surface area contributed by atoms with Crippen LogP contribution in [0.3, 0.4) is 0 Å². The summed E-state index contributed by atoms with van der Waals surface area (Å²) < 4.78 is 17.5. The van der Waals surface area contributed by atoms with Crippen molar-refractivity contribution in [1.29, 1.82) is 0 Å². The molecule has 4 atom stereocenters. The zero-order valence-electron chi connectivity index (χ0n) is 20.6. The van der Waals surface area contributed by atoms with E-state index in [1.807, 2.05) is 24.7 Å². The van der Waals surface area contributed by atoms with Crippen molar-refractivity contribution >= 4 is 56.8 Å². The number of fused-ring (bicyclic) bond motifs is 2. The van der Waals surface area contributed by atoms with Gasteiger partial charge >= 0.3 is 0 Å². The Hall–Kier alpha value is -2.98. The number of alkyl halides is 1. The van der Waals surface area contributed by atoms with Crippen LogP contribution in [0.15, 0.2) is 64.3 Å². The van der Waals surface area contributed by atoms with Crippen LogP contribution < -0.4 is 10.2 Å². The maximum atomic E-state index is 15.1. The third-order valence-corrected chi connectivity index (χ3v) is 9.71. The second-order valence-corrected chi connectivity index (χ2v) is 13.2. The standard InChI is InChI=1S/C28H26BrFN6OS/c29-25-9-8-24(38-25)28(37)33-17-4-3-5-18(11-17)36-23-12-26(35-15-31-13-16-10-22(16)35)32-14-21(23)34-27(36)19-6-1-2-7-20(19)30/h1-2,6-8,12-15,17-18,22,25H,3-5,9-11H2,(H,33,37)/t17-,18+,22?,25?/m0/s1. The summed E-state index contributed by atoms with van der Waals surface area (Å²) in [7, 11) is 0. The number of benzene rings is 1. The largest absolute Gasteiger partial charge is 0.349 e. The van der Waals surface area contributed by atoms with Crippen LogP contribution in [0.1, 0.15) is 44.6 Å². The number of hydrogen-bond donors (Lipinski definition) is 1. The summed E-state index contributed by atoms with van der Waals surface area (Å²) in [4.78, 5) is 29.8. The molecule has 2 saturated carbocycles. The van der Waals surface area contributed by atoms with E-state index in [4.69, 9.17) is 9.97 Å². The highest BCUT2D eigenvalue weighted by molar-refractivity contribution is 9.11. The van der Waals surface area contributed by atoms with Crippen LogP contribution in [-0.4, -0.2) is 43.0 Å². The molecule has 2 aromatic heterocycles. The predicted octanol–water partition coefficient (Wildman–Crippen LogP) is 6.08. The molecule has 1 amide bonds. The molecule has 2 aliphatic carbocycles. The number of nitrogens with one attached hydrogen (secondary N) is 1. The number of imidazole rings is 1. The fourth-order valence-electron chi connectivity index (χ4n) is 5.78.